The Morgan fingerprint density at radius 3 is 2.32 bits per heavy atom. The maximum absolute atomic E-state index is 11.2. The van der Waals surface area contributed by atoms with Crippen LogP contribution in [0.2, 0.25) is 0 Å². The van der Waals surface area contributed by atoms with Crippen LogP contribution >= 0.6 is 0 Å². The first-order valence-electron chi connectivity index (χ1n) is 9.08. The highest BCUT2D eigenvalue weighted by molar-refractivity contribution is 5.88. The lowest BCUT2D eigenvalue weighted by Crippen LogP contribution is -2.06. The molecule has 0 radical (unpaired) electrons. The predicted octanol–water partition coefficient (Wildman–Crippen LogP) is 4.72. The van der Waals surface area contributed by atoms with Crippen molar-refractivity contribution < 1.29 is 4.79 Å². The van der Waals surface area contributed by atoms with Crippen molar-refractivity contribution >= 4 is 28.7 Å². The molecule has 2 heterocycles. The van der Waals surface area contributed by atoms with E-state index in [1.807, 2.05) is 66.9 Å². The molecule has 0 bridgehead atoms. The van der Waals surface area contributed by atoms with Crippen molar-refractivity contribution in [1.82, 2.24) is 14.6 Å². The van der Waals surface area contributed by atoms with Gasteiger partial charge in [-0.25, -0.2) is 4.98 Å². The van der Waals surface area contributed by atoms with Gasteiger partial charge in [-0.15, -0.1) is 0 Å². The molecule has 2 aromatic heterocycles. The number of benzene rings is 2. The number of anilines is 3. The Morgan fingerprint density at radius 1 is 0.964 bits per heavy atom. The Balaban J connectivity index is 1.74. The van der Waals surface area contributed by atoms with Gasteiger partial charge in [0.1, 0.15) is 5.82 Å². The molecule has 0 aliphatic carbocycles. The second-order valence-electron chi connectivity index (χ2n) is 6.74. The minimum Gasteiger partial charge on any atom is -0.340 e. The van der Waals surface area contributed by atoms with Crippen molar-refractivity contribution in [2.45, 2.75) is 20.8 Å². The van der Waals surface area contributed by atoms with E-state index in [1.54, 1.807) is 0 Å². The Morgan fingerprint density at radius 2 is 1.64 bits per heavy atom. The predicted molar refractivity (Wildman–Crippen MR) is 112 cm³/mol. The van der Waals surface area contributed by atoms with Crippen LogP contribution in [0.15, 0.2) is 60.7 Å². The number of nitrogens with zero attached hydrogens (tertiary/aromatic N) is 3. The molecule has 2 N–H and O–H groups in total. The zero-order valence-corrected chi connectivity index (χ0v) is 16.0. The van der Waals surface area contributed by atoms with Crippen molar-refractivity contribution in [2.24, 2.45) is 0 Å². The standard InChI is InChI=1S/C22H21N5O/c1-14-13-20(25-19-11-9-18(10-12-19)24-16(3)28)27-22(23-14)15(2)21(26-27)17-7-5-4-6-8-17/h4-13,25H,1-3H3,(H,24,28). The summed E-state index contributed by atoms with van der Waals surface area (Å²) in [6, 6.07) is 19.6. The summed E-state index contributed by atoms with van der Waals surface area (Å²) in [5, 5.41) is 11.0. The van der Waals surface area contributed by atoms with Crippen molar-refractivity contribution in [3.63, 3.8) is 0 Å². The van der Waals surface area contributed by atoms with Gasteiger partial charge in [-0.05, 0) is 38.1 Å². The molecule has 0 unspecified atom stereocenters. The zero-order chi connectivity index (χ0) is 19.7. The summed E-state index contributed by atoms with van der Waals surface area (Å²) in [5.74, 6) is 0.743. The van der Waals surface area contributed by atoms with Crippen LogP contribution in [0.4, 0.5) is 17.2 Å². The van der Waals surface area contributed by atoms with Gasteiger partial charge < -0.3 is 10.6 Å². The van der Waals surface area contributed by atoms with E-state index in [2.05, 4.69) is 27.8 Å². The minimum absolute atomic E-state index is 0.0902. The molecule has 6 heteroatoms. The first-order chi connectivity index (χ1) is 13.5. The molecule has 0 aliphatic rings. The average molecular weight is 371 g/mol. The topological polar surface area (TPSA) is 71.3 Å². The van der Waals surface area contributed by atoms with E-state index in [-0.39, 0.29) is 5.91 Å². The van der Waals surface area contributed by atoms with Crippen LogP contribution in [0.25, 0.3) is 16.9 Å². The van der Waals surface area contributed by atoms with E-state index in [4.69, 9.17) is 5.10 Å². The zero-order valence-electron chi connectivity index (χ0n) is 16.0. The number of fused-ring (bicyclic) bond motifs is 1. The third-order valence-electron chi connectivity index (χ3n) is 4.47. The normalized spacial score (nSPS) is 10.8. The highest BCUT2D eigenvalue weighted by Crippen LogP contribution is 2.28. The Kier molecular flexibility index (Phi) is 4.53. The Bertz CT molecular complexity index is 1150. The first kappa shape index (κ1) is 17.7. The quantitative estimate of drug-likeness (QED) is 0.545. The molecule has 1 amide bonds. The maximum Gasteiger partial charge on any atom is 0.221 e. The van der Waals surface area contributed by atoms with Gasteiger partial charge in [-0.1, -0.05) is 30.3 Å². The molecule has 140 valence electrons. The lowest BCUT2D eigenvalue weighted by Gasteiger charge is -2.10. The van der Waals surface area contributed by atoms with Gasteiger partial charge in [0.25, 0.3) is 0 Å². The molecule has 2 aromatic carbocycles. The lowest BCUT2D eigenvalue weighted by atomic mass is 10.1. The van der Waals surface area contributed by atoms with Crippen molar-refractivity contribution in [3.05, 3.63) is 71.9 Å². The van der Waals surface area contributed by atoms with E-state index in [1.165, 1.54) is 6.92 Å². The van der Waals surface area contributed by atoms with Crippen LogP contribution in [0, 0.1) is 13.8 Å². The van der Waals surface area contributed by atoms with Gasteiger partial charge in [-0.2, -0.15) is 9.61 Å². The molecule has 0 spiro atoms. The van der Waals surface area contributed by atoms with Gasteiger partial charge in [0.15, 0.2) is 5.65 Å². The van der Waals surface area contributed by atoms with Crippen LogP contribution in [0.1, 0.15) is 18.2 Å². The fourth-order valence-electron chi connectivity index (χ4n) is 3.19. The number of amides is 1. The Hall–Kier alpha value is -3.67. The molecular weight excluding hydrogens is 350 g/mol. The summed E-state index contributed by atoms with van der Waals surface area (Å²) in [7, 11) is 0. The van der Waals surface area contributed by atoms with E-state index in [0.29, 0.717) is 0 Å². The van der Waals surface area contributed by atoms with Crippen LogP contribution in [-0.4, -0.2) is 20.5 Å². The highest BCUT2D eigenvalue weighted by Gasteiger charge is 2.15. The number of hydrogen-bond donors (Lipinski definition) is 2. The lowest BCUT2D eigenvalue weighted by molar-refractivity contribution is -0.114. The number of carbonyl (C=O) groups is 1. The molecule has 4 rings (SSSR count). The maximum atomic E-state index is 11.2. The van der Waals surface area contributed by atoms with Crippen molar-refractivity contribution in [3.8, 4) is 11.3 Å². The minimum atomic E-state index is -0.0902. The largest absolute Gasteiger partial charge is 0.340 e. The Labute approximate surface area is 163 Å². The monoisotopic (exact) mass is 371 g/mol. The summed E-state index contributed by atoms with van der Waals surface area (Å²) in [6.07, 6.45) is 0. The molecule has 28 heavy (non-hydrogen) atoms. The SMILES string of the molecule is CC(=O)Nc1ccc(Nc2cc(C)nc3c(C)c(-c4ccccc4)nn23)cc1. The van der Waals surface area contributed by atoms with Gasteiger partial charge in [0.2, 0.25) is 5.91 Å². The van der Waals surface area contributed by atoms with Crippen LogP contribution < -0.4 is 10.6 Å². The third-order valence-corrected chi connectivity index (χ3v) is 4.47. The summed E-state index contributed by atoms with van der Waals surface area (Å²) in [6.45, 7) is 5.51. The molecule has 0 atom stereocenters. The molecule has 6 nitrogen and oxygen atoms in total. The van der Waals surface area contributed by atoms with E-state index < -0.39 is 0 Å². The molecule has 0 saturated heterocycles. The number of aryl methyl sites for hydroxylation is 2. The van der Waals surface area contributed by atoms with Gasteiger partial charge in [-0.3, -0.25) is 4.79 Å². The van der Waals surface area contributed by atoms with Gasteiger partial charge >= 0.3 is 0 Å². The van der Waals surface area contributed by atoms with Crippen LogP contribution in [-0.2, 0) is 4.79 Å². The van der Waals surface area contributed by atoms with Crippen molar-refractivity contribution in [1.29, 1.82) is 0 Å². The van der Waals surface area contributed by atoms with E-state index in [9.17, 15) is 4.79 Å². The van der Waals surface area contributed by atoms with Gasteiger partial charge in [0, 0.05) is 41.2 Å². The summed E-state index contributed by atoms with van der Waals surface area (Å²) < 4.78 is 1.84. The second kappa shape index (κ2) is 7.15. The average Bonchev–Trinajstić information content (AvgIpc) is 3.00. The summed E-state index contributed by atoms with van der Waals surface area (Å²) in [5.41, 5.74) is 6.42. The summed E-state index contributed by atoms with van der Waals surface area (Å²) in [4.78, 5) is 15.9. The number of nitrogens with one attached hydrogen (secondary N) is 2. The number of aromatic nitrogens is 3. The van der Waals surface area contributed by atoms with Crippen LogP contribution in [0.5, 0.6) is 0 Å². The number of rotatable bonds is 4. The van der Waals surface area contributed by atoms with Crippen LogP contribution in [0.3, 0.4) is 0 Å². The van der Waals surface area contributed by atoms with E-state index >= 15 is 0 Å². The molecule has 0 aliphatic heterocycles. The number of hydrogen-bond acceptors (Lipinski definition) is 4. The molecule has 0 saturated carbocycles. The van der Waals surface area contributed by atoms with Crippen molar-refractivity contribution in [2.75, 3.05) is 10.6 Å². The fraction of sp³-hybridized carbons (Fsp3) is 0.136. The number of carbonyl (C=O) groups excluding carboxylic acids is 1. The fourth-order valence-corrected chi connectivity index (χ4v) is 3.19. The summed E-state index contributed by atoms with van der Waals surface area (Å²) >= 11 is 0. The molecule has 4 aromatic rings. The molecular formula is C22H21N5O. The second-order valence-corrected chi connectivity index (χ2v) is 6.74. The highest BCUT2D eigenvalue weighted by atomic mass is 16.1. The smallest absolute Gasteiger partial charge is 0.221 e. The van der Waals surface area contributed by atoms with E-state index in [0.717, 1.165) is 45.4 Å². The third kappa shape index (κ3) is 3.44. The molecule has 0 fully saturated rings. The first-order valence-corrected chi connectivity index (χ1v) is 9.08. The van der Waals surface area contributed by atoms with Gasteiger partial charge in [0.05, 0.1) is 5.69 Å².